The number of ether oxygens (including phenoxy) is 1. The first-order valence-electron chi connectivity index (χ1n) is 4.22. The van der Waals surface area contributed by atoms with Crippen molar-refractivity contribution in [1.29, 1.82) is 0 Å². The first-order chi connectivity index (χ1) is 5.80. The Hall–Kier alpha value is -0.200. The van der Waals surface area contributed by atoms with Crippen molar-refractivity contribution in [3.8, 4) is 0 Å². The molecular weight excluding hydrogens is 176 g/mol. The van der Waals surface area contributed by atoms with Gasteiger partial charge >= 0.3 is 0 Å². The third-order valence-corrected chi connectivity index (χ3v) is 3.68. The summed E-state index contributed by atoms with van der Waals surface area (Å²) < 4.78 is 4.74. The maximum atomic E-state index is 9.93. The summed E-state index contributed by atoms with van der Waals surface area (Å²) in [6.07, 6.45) is -2.59. The SMILES string of the molecule is CC1(C)[C@@]2(O)C(O)OC[C@H](O)[C@]12O. The first kappa shape index (κ1) is 9.36. The molecule has 2 fully saturated rings. The van der Waals surface area contributed by atoms with Crippen LogP contribution >= 0.6 is 0 Å². The molecule has 0 bridgehead atoms. The minimum absolute atomic E-state index is 0.163. The molecule has 1 saturated carbocycles. The van der Waals surface area contributed by atoms with Crippen molar-refractivity contribution in [2.24, 2.45) is 5.41 Å². The van der Waals surface area contributed by atoms with Crippen LogP contribution in [0.1, 0.15) is 13.8 Å². The van der Waals surface area contributed by atoms with E-state index in [1.165, 1.54) is 0 Å². The third kappa shape index (κ3) is 0.649. The third-order valence-electron chi connectivity index (χ3n) is 3.68. The molecule has 1 heterocycles. The molecule has 0 amide bonds. The molecule has 4 atom stereocenters. The molecule has 0 radical (unpaired) electrons. The minimum Gasteiger partial charge on any atom is -0.388 e. The summed E-state index contributed by atoms with van der Waals surface area (Å²) in [5.74, 6) is 0. The van der Waals surface area contributed by atoms with E-state index in [4.69, 9.17) is 4.74 Å². The minimum atomic E-state index is -1.75. The van der Waals surface area contributed by atoms with Gasteiger partial charge in [-0.1, -0.05) is 13.8 Å². The molecule has 1 aliphatic heterocycles. The van der Waals surface area contributed by atoms with Crippen molar-refractivity contribution < 1.29 is 25.2 Å². The molecule has 0 spiro atoms. The lowest BCUT2D eigenvalue weighted by Gasteiger charge is -2.31. The predicted octanol–water partition coefficient (Wildman–Crippen LogP) is -1.80. The molecule has 0 aromatic heterocycles. The Kier molecular flexibility index (Phi) is 1.49. The fraction of sp³-hybridized carbons (Fsp3) is 1.00. The van der Waals surface area contributed by atoms with E-state index in [-0.39, 0.29) is 6.61 Å². The summed E-state index contributed by atoms with van der Waals surface area (Å²) >= 11 is 0. The van der Waals surface area contributed by atoms with Gasteiger partial charge in [-0.25, -0.2) is 0 Å². The smallest absolute Gasteiger partial charge is 0.187 e. The van der Waals surface area contributed by atoms with E-state index in [1.807, 2.05) is 0 Å². The lowest BCUT2D eigenvalue weighted by molar-refractivity contribution is -0.253. The molecule has 1 unspecified atom stereocenters. The van der Waals surface area contributed by atoms with E-state index < -0.39 is 29.0 Å². The van der Waals surface area contributed by atoms with Crippen LogP contribution in [0.15, 0.2) is 0 Å². The zero-order valence-corrected chi connectivity index (χ0v) is 7.56. The maximum absolute atomic E-state index is 9.93. The van der Waals surface area contributed by atoms with E-state index in [2.05, 4.69) is 0 Å². The molecular formula is C8H14O5. The van der Waals surface area contributed by atoms with E-state index in [1.54, 1.807) is 13.8 Å². The number of rotatable bonds is 0. The second-order valence-corrected chi connectivity index (χ2v) is 4.36. The Morgan fingerprint density at radius 1 is 1.15 bits per heavy atom. The highest BCUT2D eigenvalue weighted by atomic mass is 16.6. The highest BCUT2D eigenvalue weighted by Crippen LogP contribution is 2.69. The monoisotopic (exact) mass is 190 g/mol. The molecule has 76 valence electrons. The lowest BCUT2D eigenvalue weighted by Crippen LogP contribution is -2.52. The van der Waals surface area contributed by atoms with Crippen molar-refractivity contribution in [3.63, 3.8) is 0 Å². The van der Waals surface area contributed by atoms with Crippen molar-refractivity contribution in [2.45, 2.75) is 37.4 Å². The van der Waals surface area contributed by atoms with Crippen LogP contribution in [0, 0.1) is 5.41 Å². The van der Waals surface area contributed by atoms with Crippen LogP contribution < -0.4 is 0 Å². The van der Waals surface area contributed by atoms with E-state index in [9.17, 15) is 20.4 Å². The van der Waals surface area contributed by atoms with Gasteiger partial charge in [0, 0.05) is 5.41 Å². The summed E-state index contributed by atoms with van der Waals surface area (Å²) in [7, 11) is 0. The second-order valence-electron chi connectivity index (χ2n) is 4.36. The van der Waals surface area contributed by atoms with Gasteiger partial charge in [-0.2, -0.15) is 0 Å². The van der Waals surface area contributed by atoms with Gasteiger partial charge in [-0.3, -0.25) is 0 Å². The molecule has 5 heteroatoms. The van der Waals surface area contributed by atoms with Crippen LogP contribution in [-0.2, 0) is 4.74 Å². The number of hydrogen-bond donors (Lipinski definition) is 4. The van der Waals surface area contributed by atoms with Gasteiger partial charge in [0.15, 0.2) is 11.9 Å². The Morgan fingerprint density at radius 3 is 2.15 bits per heavy atom. The van der Waals surface area contributed by atoms with Crippen LogP contribution in [-0.4, -0.2) is 50.6 Å². The van der Waals surface area contributed by atoms with Gasteiger partial charge in [-0.15, -0.1) is 0 Å². The highest BCUT2D eigenvalue weighted by molar-refractivity contribution is 5.36. The zero-order chi connectivity index (χ0) is 10.1. The second kappa shape index (κ2) is 2.07. The molecule has 2 rings (SSSR count). The molecule has 2 aliphatic rings. The van der Waals surface area contributed by atoms with Gasteiger partial charge in [0.05, 0.1) is 6.61 Å². The highest BCUT2D eigenvalue weighted by Gasteiger charge is 2.89. The predicted molar refractivity (Wildman–Crippen MR) is 41.6 cm³/mol. The fourth-order valence-corrected chi connectivity index (χ4v) is 2.49. The number of aliphatic hydroxyl groups is 4. The van der Waals surface area contributed by atoms with Gasteiger partial charge in [0.25, 0.3) is 0 Å². The number of fused-ring (bicyclic) bond motifs is 1. The Balaban J connectivity index is 2.42. The van der Waals surface area contributed by atoms with Crippen molar-refractivity contribution in [2.75, 3.05) is 6.61 Å². The van der Waals surface area contributed by atoms with Gasteiger partial charge in [0.1, 0.15) is 11.7 Å². The maximum Gasteiger partial charge on any atom is 0.187 e. The lowest BCUT2D eigenvalue weighted by atomic mass is 10.0. The summed E-state index contributed by atoms with van der Waals surface area (Å²) in [5.41, 5.74) is -4.36. The quantitative estimate of drug-likeness (QED) is 0.362. The Labute approximate surface area is 75.6 Å². The number of aliphatic hydroxyl groups excluding tert-OH is 2. The molecule has 0 aromatic carbocycles. The molecule has 13 heavy (non-hydrogen) atoms. The van der Waals surface area contributed by atoms with Gasteiger partial charge < -0.3 is 25.2 Å². The summed E-state index contributed by atoms with van der Waals surface area (Å²) in [6.45, 7) is 2.99. The van der Waals surface area contributed by atoms with Crippen molar-refractivity contribution in [1.82, 2.24) is 0 Å². The Morgan fingerprint density at radius 2 is 1.69 bits per heavy atom. The Bertz CT molecular complexity index is 229. The van der Waals surface area contributed by atoms with Crippen molar-refractivity contribution >= 4 is 0 Å². The molecule has 4 N–H and O–H groups in total. The topological polar surface area (TPSA) is 90.2 Å². The van der Waals surface area contributed by atoms with E-state index in [0.717, 1.165) is 0 Å². The average molecular weight is 190 g/mol. The van der Waals surface area contributed by atoms with Crippen LogP contribution in [0.25, 0.3) is 0 Å². The van der Waals surface area contributed by atoms with Crippen LogP contribution in [0.3, 0.4) is 0 Å². The standard InChI is InChI=1S/C8H14O5/c1-6(2)7(11)4(9)3-13-5(10)8(6,7)12/h4-5,9-12H,3H2,1-2H3/t4-,5?,7-,8-/m0/s1. The van der Waals surface area contributed by atoms with Crippen molar-refractivity contribution in [3.05, 3.63) is 0 Å². The van der Waals surface area contributed by atoms with Crippen LogP contribution in [0.2, 0.25) is 0 Å². The zero-order valence-electron chi connectivity index (χ0n) is 7.56. The largest absolute Gasteiger partial charge is 0.388 e. The molecule has 1 aliphatic carbocycles. The first-order valence-corrected chi connectivity index (χ1v) is 4.22. The van der Waals surface area contributed by atoms with E-state index >= 15 is 0 Å². The van der Waals surface area contributed by atoms with Gasteiger partial charge in [-0.05, 0) is 0 Å². The fourth-order valence-electron chi connectivity index (χ4n) is 2.49. The van der Waals surface area contributed by atoms with Crippen LogP contribution in [0.4, 0.5) is 0 Å². The van der Waals surface area contributed by atoms with E-state index in [0.29, 0.717) is 0 Å². The molecule has 5 nitrogen and oxygen atoms in total. The normalized spacial score (nSPS) is 58.6. The average Bonchev–Trinajstić information content (AvgIpc) is 2.42. The van der Waals surface area contributed by atoms with Crippen LogP contribution in [0.5, 0.6) is 0 Å². The summed E-state index contributed by atoms with van der Waals surface area (Å²) in [6, 6.07) is 0. The summed E-state index contributed by atoms with van der Waals surface area (Å²) in [5, 5.41) is 38.6. The molecule has 0 aromatic rings. The molecule has 1 saturated heterocycles. The van der Waals surface area contributed by atoms with Gasteiger partial charge in [0.2, 0.25) is 0 Å². The summed E-state index contributed by atoms with van der Waals surface area (Å²) in [4.78, 5) is 0. The number of hydrogen-bond acceptors (Lipinski definition) is 5.